The lowest BCUT2D eigenvalue weighted by Gasteiger charge is -2.02. The maximum atomic E-state index is 10.8. The molecule has 1 nitrogen and oxygen atoms in total. The molecule has 0 heterocycles. The van der Waals surface area contributed by atoms with Gasteiger partial charge in [-0.15, -0.1) is 0 Å². The Hall–Kier alpha value is -0.850. The normalized spacial score (nSPS) is 11.3. The van der Waals surface area contributed by atoms with Crippen LogP contribution in [-0.4, -0.2) is 5.78 Å². The molecule has 0 amide bonds. The van der Waals surface area contributed by atoms with Crippen LogP contribution in [0.5, 0.6) is 0 Å². The second-order valence-electron chi connectivity index (χ2n) is 4.28. The van der Waals surface area contributed by atoms with Gasteiger partial charge < -0.3 is 4.79 Å². The fraction of sp³-hybridized carbons (Fsp3) is 0.643. The molecule has 0 unspecified atom stereocenters. The van der Waals surface area contributed by atoms with Gasteiger partial charge in [-0.3, -0.25) is 0 Å². The molecule has 1 heteroatoms. The number of carbonyl (C=O) groups excluding carboxylic acids is 1. The maximum absolute atomic E-state index is 10.8. The zero-order valence-corrected chi connectivity index (χ0v) is 10.6. The van der Waals surface area contributed by atoms with Crippen LogP contribution in [0.2, 0.25) is 0 Å². The Bertz CT molecular complexity index is 242. The Morgan fingerprint density at radius 2 is 1.60 bits per heavy atom. The summed E-state index contributed by atoms with van der Waals surface area (Å²) in [6, 6.07) is 0. The molecule has 0 bridgehead atoms. The van der Waals surface area contributed by atoms with E-state index in [-0.39, 0.29) is 5.78 Å². The van der Waals surface area contributed by atoms with Crippen molar-refractivity contribution in [3.63, 3.8) is 0 Å². The average molecular weight is 208 g/mol. The zero-order valence-electron chi connectivity index (χ0n) is 10.6. The molecule has 0 aromatic carbocycles. The lowest BCUT2D eigenvalue weighted by Crippen LogP contribution is -1.88. The van der Waals surface area contributed by atoms with Crippen molar-refractivity contribution in [3.8, 4) is 0 Å². The highest BCUT2D eigenvalue weighted by Gasteiger charge is 1.95. The van der Waals surface area contributed by atoms with Gasteiger partial charge in [-0.05, 0) is 46.5 Å². The highest BCUT2D eigenvalue weighted by Crippen LogP contribution is 2.12. The molecule has 86 valence electrons. The molecule has 0 aliphatic heterocycles. The van der Waals surface area contributed by atoms with Crippen LogP contribution in [0.4, 0.5) is 0 Å². The molecule has 0 rings (SSSR count). The van der Waals surface area contributed by atoms with Crippen LogP contribution in [0.25, 0.3) is 0 Å². The molecule has 0 saturated carbocycles. The Morgan fingerprint density at radius 3 is 2.07 bits per heavy atom. The van der Waals surface area contributed by atoms with Crippen molar-refractivity contribution < 1.29 is 4.79 Å². The van der Waals surface area contributed by atoms with Crippen molar-refractivity contribution in [3.05, 3.63) is 23.3 Å². The zero-order chi connectivity index (χ0) is 11.7. The third-order valence-electron chi connectivity index (χ3n) is 2.40. The molecule has 0 aromatic heterocycles. The van der Waals surface area contributed by atoms with Crippen LogP contribution < -0.4 is 0 Å². The Kier molecular flexibility index (Phi) is 7.98. The fourth-order valence-corrected chi connectivity index (χ4v) is 1.45. The molecule has 0 saturated heterocycles. The van der Waals surface area contributed by atoms with Gasteiger partial charge in [0.1, 0.15) is 5.78 Å². The molecule has 0 aromatic rings. The third-order valence-corrected chi connectivity index (χ3v) is 2.40. The molecule has 0 spiro atoms. The van der Waals surface area contributed by atoms with E-state index < -0.39 is 0 Å². The third kappa shape index (κ3) is 9.45. The molecule has 0 aliphatic rings. The van der Waals surface area contributed by atoms with Gasteiger partial charge in [0, 0.05) is 6.42 Å². The predicted octanol–water partition coefficient (Wildman–Crippen LogP) is 4.44. The minimum Gasteiger partial charge on any atom is -0.300 e. The fourth-order valence-electron chi connectivity index (χ4n) is 1.45. The van der Waals surface area contributed by atoms with E-state index in [4.69, 9.17) is 0 Å². The SMILES string of the molecule is CCC(=CCCC(C)=O)CCC=C(C)C. The monoisotopic (exact) mass is 208 g/mol. The van der Waals surface area contributed by atoms with E-state index in [0.717, 1.165) is 25.7 Å². The molecule has 0 fully saturated rings. The van der Waals surface area contributed by atoms with Gasteiger partial charge in [-0.1, -0.05) is 30.2 Å². The van der Waals surface area contributed by atoms with Crippen LogP contribution in [0, 0.1) is 0 Å². The molecule has 0 atom stereocenters. The van der Waals surface area contributed by atoms with Crippen LogP contribution in [0.1, 0.15) is 59.8 Å². The molecule has 15 heavy (non-hydrogen) atoms. The topological polar surface area (TPSA) is 17.1 Å². The highest BCUT2D eigenvalue weighted by molar-refractivity contribution is 5.75. The van der Waals surface area contributed by atoms with Gasteiger partial charge in [0.2, 0.25) is 0 Å². The van der Waals surface area contributed by atoms with Crippen molar-refractivity contribution in [1.82, 2.24) is 0 Å². The van der Waals surface area contributed by atoms with Crippen LogP contribution >= 0.6 is 0 Å². The van der Waals surface area contributed by atoms with E-state index >= 15 is 0 Å². The summed E-state index contributed by atoms with van der Waals surface area (Å²) in [5.41, 5.74) is 2.86. The van der Waals surface area contributed by atoms with Gasteiger partial charge in [0.05, 0.1) is 0 Å². The molecule has 0 N–H and O–H groups in total. The first-order chi connectivity index (χ1) is 7.06. The smallest absolute Gasteiger partial charge is 0.130 e. The number of carbonyl (C=O) groups is 1. The number of hydrogen-bond donors (Lipinski definition) is 0. The van der Waals surface area contributed by atoms with Crippen LogP contribution in [0.15, 0.2) is 23.3 Å². The van der Waals surface area contributed by atoms with E-state index in [1.165, 1.54) is 11.1 Å². The molecular formula is C14H24O. The number of rotatable bonds is 7. The van der Waals surface area contributed by atoms with Gasteiger partial charge >= 0.3 is 0 Å². The quantitative estimate of drug-likeness (QED) is 0.565. The Morgan fingerprint density at radius 1 is 1.00 bits per heavy atom. The summed E-state index contributed by atoms with van der Waals surface area (Å²) in [7, 11) is 0. The van der Waals surface area contributed by atoms with E-state index in [1.807, 2.05) is 0 Å². The van der Waals surface area contributed by atoms with Crippen molar-refractivity contribution in [2.45, 2.75) is 59.8 Å². The first-order valence-corrected chi connectivity index (χ1v) is 5.87. The Labute approximate surface area is 94.3 Å². The number of ketones is 1. The van der Waals surface area contributed by atoms with Crippen LogP contribution in [-0.2, 0) is 4.79 Å². The summed E-state index contributed by atoms with van der Waals surface area (Å²) in [4.78, 5) is 10.8. The lowest BCUT2D eigenvalue weighted by atomic mass is 10.0. The minimum absolute atomic E-state index is 0.283. The number of Topliss-reactive ketones (excluding diaryl/α,β-unsaturated/α-hetero) is 1. The van der Waals surface area contributed by atoms with Gasteiger partial charge in [-0.2, -0.15) is 0 Å². The summed E-state index contributed by atoms with van der Waals surface area (Å²) in [6.07, 6.45) is 9.48. The number of allylic oxidation sites excluding steroid dienone is 4. The molecular weight excluding hydrogens is 184 g/mol. The summed E-state index contributed by atoms with van der Waals surface area (Å²) in [5, 5.41) is 0. The van der Waals surface area contributed by atoms with Crippen molar-refractivity contribution in [2.75, 3.05) is 0 Å². The summed E-state index contributed by atoms with van der Waals surface area (Å²) < 4.78 is 0. The predicted molar refractivity (Wildman–Crippen MR) is 67.0 cm³/mol. The second kappa shape index (κ2) is 8.46. The van der Waals surface area contributed by atoms with Crippen LogP contribution in [0.3, 0.4) is 0 Å². The van der Waals surface area contributed by atoms with Gasteiger partial charge in [0.25, 0.3) is 0 Å². The lowest BCUT2D eigenvalue weighted by molar-refractivity contribution is -0.116. The Balaban J connectivity index is 3.90. The standard InChI is InChI=1S/C14H24O/c1-5-14(10-6-8-12(2)3)11-7-9-13(4)15/h8,11H,5-7,9-10H2,1-4H3. The first kappa shape index (κ1) is 14.2. The summed E-state index contributed by atoms with van der Waals surface area (Å²) >= 11 is 0. The van der Waals surface area contributed by atoms with Crippen molar-refractivity contribution in [1.29, 1.82) is 0 Å². The first-order valence-electron chi connectivity index (χ1n) is 5.87. The van der Waals surface area contributed by atoms with Gasteiger partial charge in [0.15, 0.2) is 0 Å². The van der Waals surface area contributed by atoms with E-state index in [2.05, 4.69) is 32.9 Å². The van der Waals surface area contributed by atoms with Gasteiger partial charge in [-0.25, -0.2) is 0 Å². The highest BCUT2D eigenvalue weighted by atomic mass is 16.1. The second-order valence-corrected chi connectivity index (χ2v) is 4.28. The largest absolute Gasteiger partial charge is 0.300 e. The molecule has 0 aliphatic carbocycles. The van der Waals surface area contributed by atoms with E-state index in [0.29, 0.717) is 6.42 Å². The average Bonchev–Trinajstić information content (AvgIpc) is 2.14. The summed E-state index contributed by atoms with van der Waals surface area (Å²) in [5.74, 6) is 0.283. The van der Waals surface area contributed by atoms with E-state index in [9.17, 15) is 4.79 Å². The minimum atomic E-state index is 0.283. The number of hydrogen-bond acceptors (Lipinski definition) is 1. The molecule has 0 radical (unpaired) electrons. The van der Waals surface area contributed by atoms with Crippen molar-refractivity contribution >= 4 is 5.78 Å². The maximum Gasteiger partial charge on any atom is 0.130 e. The van der Waals surface area contributed by atoms with Crippen molar-refractivity contribution in [2.24, 2.45) is 0 Å². The summed E-state index contributed by atoms with van der Waals surface area (Å²) in [6.45, 7) is 8.10. The van der Waals surface area contributed by atoms with E-state index in [1.54, 1.807) is 6.92 Å².